The predicted molar refractivity (Wildman–Crippen MR) is 79.0 cm³/mol. The summed E-state index contributed by atoms with van der Waals surface area (Å²) in [5.41, 5.74) is 0.949. The van der Waals surface area contributed by atoms with Gasteiger partial charge in [-0.05, 0) is 56.7 Å². The Balaban J connectivity index is 2.21. The molecule has 1 saturated carbocycles. The Morgan fingerprint density at radius 2 is 1.85 bits per heavy atom. The van der Waals surface area contributed by atoms with Gasteiger partial charge in [-0.1, -0.05) is 12.1 Å². The van der Waals surface area contributed by atoms with Gasteiger partial charge in [0, 0.05) is 19.2 Å². The van der Waals surface area contributed by atoms with Crippen LogP contribution in [0.2, 0.25) is 0 Å². The maximum atomic E-state index is 12.7. The Labute approximate surface area is 121 Å². The van der Waals surface area contributed by atoms with Gasteiger partial charge in [-0.3, -0.25) is 0 Å². The highest BCUT2D eigenvalue weighted by Gasteiger charge is 2.33. The standard InChI is InChI=1S/C15H23NO3S/c1-12(2)16(11-14-3-4-14)20(18,19)15-7-5-13(6-8-15)9-10-17/h5-8,12,14,17H,3-4,9-11H2,1-2H3. The topological polar surface area (TPSA) is 57.6 Å². The van der Waals surface area contributed by atoms with E-state index in [0.29, 0.717) is 23.8 Å². The number of rotatable bonds is 7. The predicted octanol–water partition coefficient (Wildman–Crippen LogP) is 2.03. The third kappa shape index (κ3) is 3.59. The molecule has 0 bridgehead atoms. The van der Waals surface area contributed by atoms with E-state index < -0.39 is 10.0 Å². The van der Waals surface area contributed by atoms with Crippen molar-refractivity contribution in [3.8, 4) is 0 Å². The Bertz CT molecular complexity index is 533. The molecule has 0 saturated heterocycles. The Hall–Kier alpha value is -0.910. The summed E-state index contributed by atoms with van der Waals surface area (Å²) in [5, 5.41) is 8.89. The van der Waals surface area contributed by atoms with Gasteiger partial charge in [0.1, 0.15) is 0 Å². The second kappa shape index (κ2) is 6.24. The molecule has 1 aliphatic rings. The Morgan fingerprint density at radius 3 is 2.30 bits per heavy atom. The van der Waals surface area contributed by atoms with Crippen molar-refractivity contribution in [1.82, 2.24) is 4.31 Å². The fourth-order valence-corrected chi connectivity index (χ4v) is 3.95. The summed E-state index contributed by atoms with van der Waals surface area (Å²) in [7, 11) is -3.42. The number of benzene rings is 1. The van der Waals surface area contributed by atoms with E-state index in [9.17, 15) is 8.42 Å². The van der Waals surface area contributed by atoms with Crippen molar-refractivity contribution in [1.29, 1.82) is 0 Å². The van der Waals surface area contributed by atoms with Gasteiger partial charge in [-0.2, -0.15) is 4.31 Å². The van der Waals surface area contributed by atoms with Gasteiger partial charge in [0.2, 0.25) is 10.0 Å². The first-order chi connectivity index (χ1) is 9.45. The monoisotopic (exact) mass is 297 g/mol. The van der Waals surface area contributed by atoms with Crippen LogP contribution in [0.1, 0.15) is 32.3 Å². The minimum absolute atomic E-state index is 0.0299. The van der Waals surface area contributed by atoms with Crippen molar-refractivity contribution in [3.63, 3.8) is 0 Å². The molecule has 1 fully saturated rings. The normalized spacial score (nSPS) is 16.1. The molecule has 1 N–H and O–H groups in total. The quantitative estimate of drug-likeness (QED) is 0.838. The third-order valence-electron chi connectivity index (χ3n) is 3.64. The first-order valence-corrected chi connectivity index (χ1v) is 8.61. The maximum absolute atomic E-state index is 12.7. The number of aliphatic hydroxyl groups excluding tert-OH is 1. The van der Waals surface area contributed by atoms with Crippen molar-refractivity contribution < 1.29 is 13.5 Å². The first kappa shape index (κ1) is 15.5. The van der Waals surface area contributed by atoms with Gasteiger partial charge in [0.15, 0.2) is 0 Å². The molecule has 0 aliphatic heterocycles. The summed E-state index contributed by atoms with van der Waals surface area (Å²) in [6.07, 6.45) is 2.82. The highest BCUT2D eigenvalue weighted by Crippen LogP contribution is 2.32. The van der Waals surface area contributed by atoms with E-state index in [-0.39, 0.29) is 12.6 Å². The second-order valence-corrected chi connectivity index (χ2v) is 7.62. The van der Waals surface area contributed by atoms with E-state index in [1.807, 2.05) is 13.8 Å². The summed E-state index contributed by atoms with van der Waals surface area (Å²) in [6, 6.07) is 6.81. The van der Waals surface area contributed by atoms with Crippen LogP contribution >= 0.6 is 0 Å². The van der Waals surface area contributed by atoms with Gasteiger partial charge in [0.05, 0.1) is 4.90 Å². The summed E-state index contributed by atoms with van der Waals surface area (Å²) in [4.78, 5) is 0.341. The zero-order valence-corrected chi connectivity index (χ0v) is 12.9. The summed E-state index contributed by atoms with van der Waals surface area (Å²) in [6.45, 7) is 4.53. The molecule has 0 amide bonds. The van der Waals surface area contributed by atoms with Gasteiger partial charge in [0.25, 0.3) is 0 Å². The minimum atomic E-state index is -3.42. The van der Waals surface area contributed by atoms with E-state index in [1.165, 1.54) is 0 Å². The molecule has 0 atom stereocenters. The highest BCUT2D eigenvalue weighted by molar-refractivity contribution is 7.89. The molecule has 0 spiro atoms. The number of hydrogen-bond acceptors (Lipinski definition) is 3. The molecule has 1 aromatic carbocycles. The van der Waals surface area contributed by atoms with E-state index in [2.05, 4.69) is 0 Å². The molecule has 4 nitrogen and oxygen atoms in total. The fraction of sp³-hybridized carbons (Fsp3) is 0.600. The molecule has 20 heavy (non-hydrogen) atoms. The molecule has 2 rings (SSSR count). The lowest BCUT2D eigenvalue weighted by Crippen LogP contribution is -2.38. The molecule has 1 aromatic rings. The largest absolute Gasteiger partial charge is 0.396 e. The lowest BCUT2D eigenvalue weighted by molar-refractivity contribution is 0.299. The van der Waals surface area contributed by atoms with Crippen LogP contribution in [0.4, 0.5) is 0 Å². The second-order valence-electron chi connectivity index (χ2n) is 5.73. The fourth-order valence-electron chi connectivity index (χ4n) is 2.23. The average Bonchev–Trinajstić information content (AvgIpc) is 3.20. The van der Waals surface area contributed by atoms with Crippen molar-refractivity contribution >= 4 is 10.0 Å². The molecule has 112 valence electrons. The van der Waals surface area contributed by atoms with Crippen LogP contribution in [-0.2, 0) is 16.4 Å². The number of nitrogens with zero attached hydrogens (tertiary/aromatic N) is 1. The maximum Gasteiger partial charge on any atom is 0.243 e. The number of sulfonamides is 1. The molecule has 5 heteroatoms. The van der Waals surface area contributed by atoms with Crippen molar-refractivity contribution in [2.75, 3.05) is 13.2 Å². The van der Waals surface area contributed by atoms with Crippen molar-refractivity contribution in [2.24, 2.45) is 5.92 Å². The zero-order chi connectivity index (χ0) is 14.8. The van der Waals surface area contributed by atoms with E-state index in [4.69, 9.17) is 5.11 Å². The van der Waals surface area contributed by atoms with Crippen LogP contribution in [0.5, 0.6) is 0 Å². The molecule has 0 aromatic heterocycles. The Kier molecular flexibility index (Phi) is 4.83. The average molecular weight is 297 g/mol. The van der Waals surface area contributed by atoms with Crippen LogP contribution in [0.3, 0.4) is 0 Å². The number of hydrogen-bond donors (Lipinski definition) is 1. The highest BCUT2D eigenvalue weighted by atomic mass is 32.2. The Morgan fingerprint density at radius 1 is 1.25 bits per heavy atom. The van der Waals surface area contributed by atoms with Gasteiger partial charge >= 0.3 is 0 Å². The lowest BCUT2D eigenvalue weighted by atomic mass is 10.2. The molecular formula is C15H23NO3S. The van der Waals surface area contributed by atoms with Gasteiger partial charge in [-0.25, -0.2) is 8.42 Å². The molecule has 1 aliphatic carbocycles. The van der Waals surface area contributed by atoms with E-state index in [0.717, 1.165) is 18.4 Å². The lowest BCUT2D eigenvalue weighted by Gasteiger charge is -2.26. The third-order valence-corrected chi connectivity index (χ3v) is 5.70. The SMILES string of the molecule is CC(C)N(CC1CC1)S(=O)(=O)c1ccc(CCO)cc1. The number of aliphatic hydroxyl groups is 1. The molecule has 0 heterocycles. The first-order valence-electron chi connectivity index (χ1n) is 7.17. The smallest absolute Gasteiger partial charge is 0.243 e. The van der Waals surface area contributed by atoms with Crippen LogP contribution in [-0.4, -0.2) is 37.0 Å². The van der Waals surface area contributed by atoms with E-state index in [1.54, 1.807) is 28.6 Å². The van der Waals surface area contributed by atoms with Crippen molar-refractivity contribution in [3.05, 3.63) is 29.8 Å². The minimum Gasteiger partial charge on any atom is -0.396 e. The molecule has 0 unspecified atom stereocenters. The van der Waals surface area contributed by atoms with Gasteiger partial charge in [-0.15, -0.1) is 0 Å². The van der Waals surface area contributed by atoms with Crippen LogP contribution < -0.4 is 0 Å². The summed E-state index contributed by atoms with van der Waals surface area (Å²) >= 11 is 0. The van der Waals surface area contributed by atoms with Gasteiger partial charge < -0.3 is 5.11 Å². The summed E-state index contributed by atoms with van der Waals surface area (Å²) in [5.74, 6) is 0.529. The van der Waals surface area contributed by atoms with E-state index >= 15 is 0 Å². The molecular weight excluding hydrogens is 274 g/mol. The summed E-state index contributed by atoms with van der Waals surface area (Å²) < 4.78 is 27.0. The van der Waals surface area contributed by atoms with Crippen molar-refractivity contribution in [2.45, 2.75) is 44.0 Å². The molecule has 0 radical (unpaired) electrons. The van der Waals surface area contributed by atoms with Crippen LogP contribution in [0.25, 0.3) is 0 Å². The zero-order valence-electron chi connectivity index (χ0n) is 12.1. The van der Waals surface area contributed by atoms with Crippen LogP contribution in [0.15, 0.2) is 29.2 Å². The van der Waals surface area contributed by atoms with Crippen LogP contribution in [0, 0.1) is 5.92 Å².